The zero-order valence-electron chi connectivity index (χ0n) is 13.7. The van der Waals surface area contributed by atoms with Crippen molar-refractivity contribution in [2.75, 3.05) is 0 Å². The summed E-state index contributed by atoms with van der Waals surface area (Å²) < 4.78 is 18.7. The van der Waals surface area contributed by atoms with Gasteiger partial charge >= 0.3 is 0 Å². The van der Waals surface area contributed by atoms with Crippen LogP contribution in [0.2, 0.25) is 0 Å². The molecule has 5 heteroatoms. The summed E-state index contributed by atoms with van der Waals surface area (Å²) in [5, 5.41) is 11.9. The zero-order valence-corrected chi connectivity index (χ0v) is 13.7. The number of halogens is 1. The van der Waals surface area contributed by atoms with Crippen LogP contribution in [0.4, 0.5) is 4.39 Å². The summed E-state index contributed by atoms with van der Waals surface area (Å²) in [7, 11) is 0. The van der Waals surface area contributed by atoms with Crippen molar-refractivity contribution in [2.45, 2.75) is 6.04 Å². The van der Waals surface area contributed by atoms with Crippen molar-refractivity contribution in [3.8, 4) is 17.6 Å². The van der Waals surface area contributed by atoms with Crippen molar-refractivity contribution < 1.29 is 13.9 Å². The van der Waals surface area contributed by atoms with E-state index in [1.165, 1.54) is 24.3 Å². The van der Waals surface area contributed by atoms with Crippen LogP contribution in [0.15, 0.2) is 78.9 Å². The number of amides is 1. The number of hydrogen-bond donors (Lipinski definition) is 1. The molecule has 0 spiro atoms. The third kappa shape index (κ3) is 4.25. The lowest BCUT2D eigenvalue weighted by Crippen LogP contribution is -2.27. The maximum Gasteiger partial charge on any atom is 0.252 e. The minimum Gasteiger partial charge on any atom is -0.457 e. The number of nitrogens with one attached hydrogen (secondary N) is 1. The van der Waals surface area contributed by atoms with Gasteiger partial charge in [0.05, 0.1) is 6.07 Å². The molecule has 3 aromatic carbocycles. The molecule has 128 valence electrons. The molecular weight excluding hydrogens is 331 g/mol. The summed E-state index contributed by atoms with van der Waals surface area (Å²) in [5.41, 5.74) is 0.875. The van der Waals surface area contributed by atoms with Gasteiger partial charge in [-0.15, -0.1) is 0 Å². The topological polar surface area (TPSA) is 62.1 Å². The van der Waals surface area contributed by atoms with Crippen LogP contribution in [0, 0.1) is 17.1 Å². The molecule has 0 fully saturated rings. The molecule has 0 heterocycles. The minimum atomic E-state index is -0.873. The fraction of sp³-hybridized carbons (Fsp3) is 0.0476. The predicted molar refractivity (Wildman–Crippen MR) is 95.2 cm³/mol. The van der Waals surface area contributed by atoms with Crippen LogP contribution in [-0.4, -0.2) is 5.91 Å². The van der Waals surface area contributed by atoms with Gasteiger partial charge in [0.25, 0.3) is 5.91 Å². The van der Waals surface area contributed by atoms with E-state index in [1.807, 2.05) is 36.4 Å². The minimum absolute atomic E-state index is 0.362. The molecule has 0 aromatic heterocycles. The van der Waals surface area contributed by atoms with Gasteiger partial charge in [-0.05, 0) is 48.0 Å². The monoisotopic (exact) mass is 346 g/mol. The lowest BCUT2D eigenvalue weighted by atomic mass is 10.1. The molecular formula is C21H15FN2O2. The predicted octanol–water partition coefficient (Wildman–Crippen LogP) is 4.61. The second-order valence-electron chi connectivity index (χ2n) is 5.53. The van der Waals surface area contributed by atoms with E-state index in [0.717, 1.165) is 0 Å². The van der Waals surface area contributed by atoms with E-state index in [1.54, 1.807) is 24.3 Å². The van der Waals surface area contributed by atoms with Gasteiger partial charge in [0.1, 0.15) is 23.4 Å². The number of hydrogen-bond acceptors (Lipinski definition) is 3. The molecule has 0 bridgehead atoms. The van der Waals surface area contributed by atoms with E-state index in [9.17, 15) is 14.4 Å². The summed E-state index contributed by atoms with van der Waals surface area (Å²) in [5.74, 6) is 0.354. The van der Waals surface area contributed by atoms with E-state index in [-0.39, 0.29) is 0 Å². The summed E-state index contributed by atoms with van der Waals surface area (Å²) in [6.07, 6.45) is 0. The summed E-state index contributed by atoms with van der Waals surface area (Å²) in [4.78, 5) is 12.5. The van der Waals surface area contributed by atoms with Crippen molar-refractivity contribution in [3.63, 3.8) is 0 Å². The van der Waals surface area contributed by atoms with Crippen LogP contribution in [0.3, 0.4) is 0 Å². The highest BCUT2D eigenvalue weighted by molar-refractivity contribution is 5.95. The van der Waals surface area contributed by atoms with Crippen LogP contribution in [0.5, 0.6) is 11.5 Å². The molecule has 0 saturated carbocycles. The molecule has 1 atom stereocenters. The summed E-state index contributed by atoms with van der Waals surface area (Å²) >= 11 is 0. The third-order valence-corrected chi connectivity index (χ3v) is 3.68. The van der Waals surface area contributed by atoms with E-state index in [2.05, 4.69) is 5.32 Å². The van der Waals surface area contributed by atoms with Crippen LogP contribution < -0.4 is 10.1 Å². The van der Waals surface area contributed by atoms with Crippen molar-refractivity contribution in [2.24, 2.45) is 0 Å². The van der Waals surface area contributed by atoms with E-state index in [4.69, 9.17) is 4.74 Å². The molecule has 0 radical (unpaired) electrons. The Morgan fingerprint density at radius 2 is 1.65 bits per heavy atom. The van der Waals surface area contributed by atoms with Crippen molar-refractivity contribution in [1.29, 1.82) is 5.26 Å². The number of carbonyl (C=O) groups is 1. The lowest BCUT2D eigenvalue weighted by Gasteiger charge is -2.13. The van der Waals surface area contributed by atoms with E-state index in [0.29, 0.717) is 22.6 Å². The molecule has 0 aliphatic rings. The van der Waals surface area contributed by atoms with Crippen molar-refractivity contribution >= 4 is 5.91 Å². The quantitative estimate of drug-likeness (QED) is 0.734. The van der Waals surface area contributed by atoms with Gasteiger partial charge in [0.15, 0.2) is 0 Å². The van der Waals surface area contributed by atoms with Crippen LogP contribution in [-0.2, 0) is 0 Å². The molecule has 3 aromatic rings. The van der Waals surface area contributed by atoms with E-state index < -0.39 is 17.8 Å². The first-order chi connectivity index (χ1) is 12.7. The Morgan fingerprint density at radius 1 is 0.962 bits per heavy atom. The van der Waals surface area contributed by atoms with Crippen molar-refractivity contribution in [3.05, 3.63) is 95.8 Å². The second kappa shape index (κ2) is 7.95. The van der Waals surface area contributed by atoms with Crippen LogP contribution >= 0.6 is 0 Å². The SMILES string of the molecule is N#C[C@@H](NC(=O)c1cccc(Oc2ccccc2)c1)c1ccc(F)cc1. The third-order valence-electron chi connectivity index (χ3n) is 3.68. The second-order valence-corrected chi connectivity index (χ2v) is 5.53. The Morgan fingerprint density at radius 3 is 2.35 bits per heavy atom. The van der Waals surface area contributed by atoms with Gasteiger partial charge in [-0.3, -0.25) is 4.79 Å². The van der Waals surface area contributed by atoms with Crippen LogP contribution in [0.1, 0.15) is 22.0 Å². The molecule has 0 saturated heterocycles. The molecule has 0 aliphatic heterocycles. The molecule has 26 heavy (non-hydrogen) atoms. The lowest BCUT2D eigenvalue weighted by molar-refractivity contribution is 0.0945. The molecule has 1 amide bonds. The first-order valence-corrected chi connectivity index (χ1v) is 7.94. The molecule has 1 N–H and O–H groups in total. The number of carbonyl (C=O) groups excluding carboxylic acids is 1. The normalized spacial score (nSPS) is 11.2. The Kier molecular flexibility index (Phi) is 5.25. The molecule has 0 aliphatic carbocycles. The van der Waals surface area contributed by atoms with Gasteiger partial charge < -0.3 is 10.1 Å². The molecule has 4 nitrogen and oxygen atoms in total. The first kappa shape index (κ1) is 17.2. The molecule has 3 rings (SSSR count). The standard InChI is InChI=1S/C21H15FN2O2/c22-17-11-9-15(10-12-17)20(14-23)24-21(25)16-5-4-8-19(13-16)26-18-6-2-1-3-7-18/h1-13,20H,(H,24,25)/t20-/m1/s1. The van der Waals surface area contributed by atoms with Gasteiger partial charge in [-0.25, -0.2) is 4.39 Å². The number of nitrogens with zero attached hydrogens (tertiary/aromatic N) is 1. The van der Waals surface area contributed by atoms with Crippen molar-refractivity contribution in [1.82, 2.24) is 5.32 Å². The highest BCUT2D eigenvalue weighted by Crippen LogP contribution is 2.22. The maximum absolute atomic E-state index is 13.0. The highest BCUT2D eigenvalue weighted by Gasteiger charge is 2.15. The van der Waals surface area contributed by atoms with E-state index >= 15 is 0 Å². The van der Waals surface area contributed by atoms with Gasteiger partial charge in [0.2, 0.25) is 0 Å². The first-order valence-electron chi connectivity index (χ1n) is 7.94. The summed E-state index contributed by atoms with van der Waals surface area (Å²) in [6, 6.07) is 22.5. The maximum atomic E-state index is 13.0. The zero-order chi connectivity index (χ0) is 18.4. The van der Waals surface area contributed by atoms with Gasteiger partial charge in [-0.2, -0.15) is 5.26 Å². The van der Waals surface area contributed by atoms with Gasteiger partial charge in [0, 0.05) is 5.56 Å². The highest BCUT2D eigenvalue weighted by atomic mass is 19.1. The average Bonchev–Trinajstić information content (AvgIpc) is 2.68. The Hall–Kier alpha value is -3.65. The number of benzene rings is 3. The fourth-order valence-corrected chi connectivity index (χ4v) is 2.39. The Bertz CT molecular complexity index is 934. The Labute approximate surface area is 150 Å². The smallest absolute Gasteiger partial charge is 0.252 e. The largest absolute Gasteiger partial charge is 0.457 e. The number of ether oxygens (including phenoxy) is 1. The van der Waals surface area contributed by atoms with Crippen LogP contribution in [0.25, 0.3) is 0 Å². The number of nitriles is 1. The Balaban J connectivity index is 1.74. The summed E-state index contributed by atoms with van der Waals surface area (Å²) in [6.45, 7) is 0. The molecule has 0 unspecified atom stereocenters. The fourth-order valence-electron chi connectivity index (χ4n) is 2.39. The number of rotatable bonds is 5. The average molecular weight is 346 g/mol. The number of para-hydroxylation sites is 1. The van der Waals surface area contributed by atoms with Gasteiger partial charge in [-0.1, -0.05) is 36.4 Å².